The maximum Gasteiger partial charge on any atom is 0.179 e. The molecular weight excluding hydrogens is 376 g/mol. The molecule has 28 heavy (non-hydrogen) atoms. The Balaban J connectivity index is 1.43. The monoisotopic (exact) mass is 402 g/mol. The Bertz CT molecular complexity index is 766. The average Bonchev–Trinajstić information content (AvgIpc) is 2.98. The summed E-state index contributed by atoms with van der Waals surface area (Å²) in [5.41, 5.74) is 2.43. The van der Waals surface area contributed by atoms with E-state index in [0.717, 1.165) is 57.1 Å². The lowest BCUT2D eigenvalue weighted by atomic mass is 10.0. The first kappa shape index (κ1) is 19.5. The van der Waals surface area contributed by atoms with Crippen LogP contribution in [-0.4, -0.2) is 51.0 Å². The van der Waals surface area contributed by atoms with E-state index in [2.05, 4.69) is 40.5 Å². The van der Waals surface area contributed by atoms with Crippen molar-refractivity contribution in [1.29, 1.82) is 0 Å². The molecular formula is C22H27ClN2O3. The molecule has 0 amide bonds. The van der Waals surface area contributed by atoms with Crippen LogP contribution in [0.15, 0.2) is 42.5 Å². The lowest BCUT2D eigenvalue weighted by molar-refractivity contribution is 0.0161. The predicted molar refractivity (Wildman–Crippen MR) is 110 cm³/mol. The van der Waals surface area contributed by atoms with E-state index in [4.69, 9.17) is 25.8 Å². The average molecular weight is 403 g/mol. The second-order valence-corrected chi connectivity index (χ2v) is 7.57. The van der Waals surface area contributed by atoms with E-state index in [9.17, 15) is 0 Å². The molecule has 5 nitrogen and oxygen atoms in total. The molecule has 0 aromatic heterocycles. The molecule has 2 aliphatic heterocycles. The first-order chi connectivity index (χ1) is 13.8. The zero-order valence-corrected chi connectivity index (χ0v) is 16.8. The van der Waals surface area contributed by atoms with Gasteiger partial charge in [0, 0.05) is 38.6 Å². The van der Waals surface area contributed by atoms with E-state index in [0.29, 0.717) is 30.0 Å². The van der Waals surface area contributed by atoms with Crippen LogP contribution in [0, 0.1) is 0 Å². The molecule has 6 heteroatoms. The van der Waals surface area contributed by atoms with Crippen LogP contribution in [0.2, 0.25) is 5.02 Å². The minimum Gasteiger partial charge on any atom is -0.489 e. The third-order valence-electron chi connectivity index (χ3n) is 5.20. The number of morpholine rings is 1. The highest BCUT2D eigenvalue weighted by Gasteiger charge is 2.22. The fourth-order valence-electron chi connectivity index (χ4n) is 3.76. The van der Waals surface area contributed by atoms with Gasteiger partial charge in [0.15, 0.2) is 11.5 Å². The highest BCUT2D eigenvalue weighted by molar-refractivity contribution is 6.32. The van der Waals surface area contributed by atoms with Crippen LogP contribution in [0.1, 0.15) is 23.6 Å². The largest absolute Gasteiger partial charge is 0.489 e. The predicted octanol–water partition coefficient (Wildman–Crippen LogP) is 3.66. The topological polar surface area (TPSA) is 43.0 Å². The van der Waals surface area contributed by atoms with Crippen LogP contribution in [0.4, 0.5) is 0 Å². The van der Waals surface area contributed by atoms with E-state index in [1.165, 1.54) is 5.56 Å². The first-order valence-corrected chi connectivity index (χ1v) is 10.3. The van der Waals surface area contributed by atoms with Crippen molar-refractivity contribution in [2.45, 2.75) is 19.0 Å². The Labute approximate surface area is 171 Å². The number of benzene rings is 2. The summed E-state index contributed by atoms with van der Waals surface area (Å²) >= 11 is 6.42. The molecule has 0 unspecified atom stereocenters. The molecule has 1 saturated heterocycles. The number of rotatable bonds is 6. The summed E-state index contributed by atoms with van der Waals surface area (Å²) in [5, 5.41) is 4.22. The van der Waals surface area contributed by atoms with Gasteiger partial charge in [0.1, 0.15) is 0 Å². The molecule has 2 aromatic rings. The number of fused-ring (bicyclic) bond motifs is 1. The van der Waals surface area contributed by atoms with Gasteiger partial charge < -0.3 is 19.5 Å². The Hall–Kier alpha value is -1.79. The van der Waals surface area contributed by atoms with Crippen LogP contribution in [0.25, 0.3) is 0 Å². The second kappa shape index (κ2) is 9.61. The lowest BCUT2D eigenvalue weighted by Gasteiger charge is -2.35. The molecule has 0 aliphatic carbocycles. The van der Waals surface area contributed by atoms with Crippen molar-refractivity contribution in [3.63, 3.8) is 0 Å². The van der Waals surface area contributed by atoms with E-state index < -0.39 is 0 Å². The van der Waals surface area contributed by atoms with Crippen LogP contribution < -0.4 is 14.8 Å². The van der Waals surface area contributed by atoms with E-state index >= 15 is 0 Å². The maximum absolute atomic E-state index is 6.42. The van der Waals surface area contributed by atoms with Crippen molar-refractivity contribution in [2.75, 3.05) is 46.1 Å². The van der Waals surface area contributed by atoms with E-state index in [1.807, 2.05) is 12.1 Å². The van der Waals surface area contributed by atoms with Crippen molar-refractivity contribution in [2.24, 2.45) is 0 Å². The molecule has 150 valence electrons. The second-order valence-electron chi connectivity index (χ2n) is 7.16. The van der Waals surface area contributed by atoms with Crippen LogP contribution in [-0.2, 0) is 11.3 Å². The van der Waals surface area contributed by atoms with Gasteiger partial charge >= 0.3 is 0 Å². The number of nitrogens with one attached hydrogen (secondary N) is 1. The molecule has 2 aromatic carbocycles. The molecule has 0 spiro atoms. The Morgan fingerprint density at radius 3 is 2.61 bits per heavy atom. The lowest BCUT2D eigenvalue weighted by Crippen LogP contribution is -2.42. The third-order valence-corrected chi connectivity index (χ3v) is 5.48. The van der Waals surface area contributed by atoms with Crippen molar-refractivity contribution in [3.05, 3.63) is 58.6 Å². The molecule has 2 aliphatic rings. The summed E-state index contributed by atoms with van der Waals surface area (Å²) in [5.74, 6) is 1.41. The summed E-state index contributed by atoms with van der Waals surface area (Å²) in [7, 11) is 0. The van der Waals surface area contributed by atoms with Gasteiger partial charge in [-0.05, 0) is 23.3 Å². The van der Waals surface area contributed by atoms with Gasteiger partial charge in [0.05, 0.1) is 31.5 Å². The van der Waals surface area contributed by atoms with Gasteiger partial charge in [0.2, 0.25) is 0 Å². The van der Waals surface area contributed by atoms with Gasteiger partial charge in [-0.1, -0.05) is 41.9 Å². The van der Waals surface area contributed by atoms with Gasteiger partial charge in [0.25, 0.3) is 0 Å². The quantitative estimate of drug-likeness (QED) is 0.798. The first-order valence-electron chi connectivity index (χ1n) is 9.97. The fourth-order valence-corrected chi connectivity index (χ4v) is 4.05. The number of halogens is 1. The van der Waals surface area contributed by atoms with Crippen molar-refractivity contribution in [3.8, 4) is 11.5 Å². The minimum absolute atomic E-state index is 0.320. The summed E-state index contributed by atoms with van der Waals surface area (Å²) in [4.78, 5) is 2.49. The van der Waals surface area contributed by atoms with Gasteiger partial charge in [-0.15, -0.1) is 0 Å². The smallest absolute Gasteiger partial charge is 0.179 e. The third kappa shape index (κ3) is 4.78. The molecule has 1 N–H and O–H groups in total. The fraction of sp³-hybridized carbons (Fsp3) is 0.455. The van der Waals surface area contributed by atoms with Crippen LogP contribution >= 0.6 is 11.6 Å². The molecule has 1 atom stereocenters. The van der Waals surface area contributed by atoms with Crippen molar-refractivity contribution in [1.82, 2.24) is 10.2 Å². The Morgan fingerprint density at radius 2 is 1.79 bits per heavy atom. The molecule has 1 fully saturated rings. The molecule has 0 saturated carbocycles. The molecule has 0 bridgehead atoms. The van der Waals surface area contributed by atoms with Crippen LogP contribution in [0.5, 0.6) is 11.5 Å². The van der Waals surface area contributed by atoms with Gasteiger partial charge in [-0.3, -0.25) is 4.90 Å². The SMILES string of the molecule is Clc1cc(CNC[C@H](c2ccccc2)N2CCOCC2)cc2c1OCCCO2. The normalized spacial score (nSPS) is 18.5. The Kier molecular flexibility index (Phi) is 6.70. The highest BCUT2D eigenvalue weighted by atomic mass is 35.5. The minimum atomic E-state index is 0.320. The zero-order chi connectivity index (χ0) is 19.2. The van der Waals surface area contributed by atoms with E-state index in [-0.39, 0.29) is 0 Å². The number of hydrogen-bond donors (Lipinski definition) is 1. The van der Waals surface area contributed by atoms with E-state index in [1.54, 1.807) is 0 Å². The zero-order valence-electron chi connectivity index (χ0n) is 16.0. The Morgan fingerprint density at radius 1 is 1.00 bits per heavy atom. The van der Waals surface area contributed by atoms with Gasteiger partial charge in [-0.2, -0.15) is 0 Å². The maximum atomic E-state index is 6.42. The summed E-state index contributed by atoms with van der Waals surface area (Å²) in [6.45, 7) is 6.38. The molecule has 0 radical (unpaired) electrons. The van der Waals surface area contributed by atoms with Crippen LogP contribution in [0.3, 0.4) is 0 Å². The van der Waals surface area contributed by atoms with Crippen molar-refractivity contribution < 1.29 is 14.2 Å². The molecule has 4 rings (SSSR count). The highest BCUT2D eigenvalue weighted by Crippen LogP contribution is 2.38. The number of ether oxygens (including phenoxy) is 3. The van der Waals surface area contributed by atoms with Crippen molar-refractivity contribution >= 4 is 11.6 Å². The standard InChI is InChI=1S/C22H27ClN2O3/c23-19-13-17(14-21-22(19)28-10-4-9-27-21)15-24-16-20(18-5-2-1-3-6-18)25-7-11-26-12-8-25/h1-3,5-6,13-14,20,24H,4,7-12,15-16H2/t20-/m1/s1. The summed E-state index contributed by atoms with van der Waals surface area (Å²) in [6.07, 6.45) is 0.872. The number of hydrogen-bond acceptors (Lipinski definition) is 5. The summed E-state index contributed by atoms with van der Waals surface area (Å²) in [6, 6.07) is 15.0. The number of nitrogens with zero attached hydrogens (tertiary/aromatic N) is 1. The van der Waals surface area contributed by atoms with Gasteiger partial charge in [-0.25, -0.2) is 0 Å². The summed E-state index contributed by atoms with van der Waals surface area (Å²) < 4.78 is 17.1. The molecule has 2 heterocycles.